The molecule has 1 aromatic carbocycles. The smallest absolute Gasteiger partial charge is 0.212 e. The first-order chi connectivity index (χ1) is 8.82. The maximum atomic E-state index is 12.0. The van der Waals surface area contributed by atoms with Crippen LogP contribution >= 0.6 is 0 Å². The molecular formula is C13H21N3O2S. The second kappa shape index (κ2) is 6.68. The van der Waals surface area contributed by atoms with Gasteiger partial charge in [-0.15, -0.1) is 0 Å². The van der Waals surface area contributed by atoms with Gasteiger partial charge in [-0.25, -0.2) is 13.1 Å². The van der Waals surface area contributed by atoms with Gasteiger partial charge < -0.3 is 5.73 Å². The molecule has 0 fully saturated rings. The van der Waals surface area contributed by atoms with E-state index >= 15 is 0 Å². The lowest BCUT2D eigenvalue weighted by molar-refractivity contribution is 0.522. The van der Waals surface area contributed by atoms with Gasteiger partial charge in [0.15, 0.2) is 0 Å². The summed E-state index contributed by atoms with van der Waals surface area (Å²) in [5, 5.41) is 7.41. The van der Waals surface area contributed by atoms with Crippen molar-refractivity contribution < 1.29 is 8.42 Å². The normalized spacial score (nSPS) is 13.4. The van der Waals surface area contributed by atoms with Crippen molar-refractivity contribution in [3.63, 3.8) is 0 Å². The lowest BCUT2D eigenvalue weighted by Crippen LogP contribution is -2.48. The number of nitrogens with two attached hydrogens (primary N) is 1. The Kier molecular flexibility index (Phi) is 5.50. The Morgan fingerprint density at radius 3 is 2.37 bits per heavy atom. The van der Waals surface area contributed by atoms with Gasteiger partial charge in [0.1, 0.15) is 5.84 Å². The molecule has 0 amide bonds. The van der Waals surface area contributed by atoms with Crippen LogP contribution in [0.2, 0.25) is 0 Å². The standard InChI is InChI=1S/C13H21N3O2S/c1-10(2)12(13(14)15)16-19(17,18)9-8-11-6-4-3-5-7-11/h3-7,10,12,16H,8-9H2,1-2H3,(H3,14,15). The van der Waals surface area contributed by atoms with E-state index in [1.54, 1.807) is 0 Å². The van der Waals surface area contributed by atoms with Crippen LogP contribution in [0.5, 0.6) is 0 Å². The fraction of sp³-hybridized carbons (Fsp3) is 0.462. The van der Waals surface area contributed by atoms with Gasteiger partial charge in [0.25, 0.3) is 0 Å². The number of amidine groups is 1. The molecule has 0 spiro atoms. The first-order valence-electron chi connectivity index (χ1n) is 6.19. The molecule has 0 aliphatic carbocycles. The Balaban J connectivity index is 2.64. The number of aryl methyl sites for hydroxylation is 1. The van der Waals surface area contributed by atoms with E-state index in [1.165, 1.54) is 0 Å². The van der Waals surface area contributed by atoms with E-state index in [0.717, 1.165) is 5.56 Å². The average molecular weight is 283 g/mol. The number of sulfonamides is 1. The highest BCUT2D eigenvalue weighted by Crippen LogP contribution is 2.05. The number of nitrogens with one attached hydrogen (secondary N) is 2. The van der Waals surface area contributed by atoms with Crippen LogP contribution in [0.25, 0.3) is 0 Å². The molecule has 1 unspecified atom stereocenters. The van der Waals surface area contributed by atoms with Gasteiger partial charge in [0, 0.05) is 0 Å². The third-order valence-corrected chi connectivity index (χ3v) is 4.17. The third kappa shape index (κ3) is 5.40. The first kappa shape index (κ1) is 15.7. The van der Waals surface area contributed by atoms with Crippen LogP contribution in [-0.4, -0.2) is 26.0 Å². The van der Waals surface area contributed by atoms with E-state index in [-0.39, 0.29) is 17.5 Å². The monoisotopic (exact) mass is 283 g/mol. The number of benzene rings is 1. The van der Waals surface area contributed by atoms with E-state index < -0.39 is 16.1 Å². The molecule has 1 atom stereocenters. The Bertz CT molecular complexity index is 512. The largest absolute Gasteiger partial charge is 0.386 e. The van der Waals surface area contributed by atoms with Crippen LogP contribution in [0.1, 0.15) is 19.4 Å². The fourth-order valence-electron chi connectivity index (χ4n) is 1.71. The van der Waals surface area contributed by atoms with Crippen molar-refractivity contribution in [3.8, 4) is 0 Å². The molecule has 1 aromatic rings. The molecule has 4 N–H and O–H groups in total. The SMILES string of the molecule is CC(C)C(NS(=O)(=O)CCc1ccccc1)C(=N)N. The summed E-state index contributed by atoms with van der Waals surface area (Å²) in [6.07, 6.45) is 0.443. The Morgan fingerprint density at radius 2 is 1.89 bits per heavy atom. The molecule has 0 heterocycles. The van der Waals surface area contributed by atoms with Crippen LogP contribution in [0.3, 0.4) is 0 Å². The number of hydrogen-bond acceptors (Lipinski definition) is 3. The molecule has 19 heavy (non-hydrogen) atoms. The molecule has 106 valence electrons. The summed E-state index contributed by atoms with van der Waals surface area (Å²) in [4.78, 5) is 0. The highest BCUT2D eigenvalue weighted by Gasteiger charge is 2.22. The molecule has 1 rings (SSSR count). The zero-order valence-electron chi connectivity index (χ0n) is 11.3. The predicted molar refractivity (Wildman–Crippen MR) is 77.6 cm³/mol. The predicted octanol–water partition coefficient (Wildman–Crippen LogP) is 1.11. The highest BCUT2D eigenvalue weighted by atomic mass is 32.2. The van der Waals surface area contributed by atoms with Gasteiger partial charge >= 0.3 is 0 Å². The van der Waals surface area contributed by atoms with Crippen molar-refractivity contribution in [1.29, 1.82) is 5.41 Å². The summed E-state index contributed by atoms with van der Waals surface area (Å²) in [6.45, 7) is 3.65. The molecule has 0 aliphatic heterocycles. The molecule has 0 radical (unpaired) electrons. The minimum atomic E-state index is -3.44. The summed E-state index contributed by atoms with van der Waals surface area (Å²) < 4.78 is 26.4. The molecule has 0 saturated heterocycles. The second-order valence-corrected chi connectivity index (χ2v) is 6.72. The molecule has 0 aromatic heterocycles. The van der Waals surface area contributed by atoms with Crippen molar-refractivity contribution in [2.24, 2.45) is 11.7 Å². The van der Waals surface area contributed by atoms with Crippen molar-refractivity contribution >= 4 is 15.9 Å². The molecule has 0 bridgehead atoms. The van der Waals surface area contributed by atoms with Crippen LogP contribution < -0.4 is 10.5 Å². The van der Waals surface area contributed by atoms with E-state index in [2.05, 4.69) is 4.72 Å². The van der Waals surface area contributed by atoms with Crippen LogP contribution in [-0.2, 0) is 16.4 Å². The minimum Gasteiger partial charge on any atom is -0.386 e. The van der Waals surface area contributed by atoms with Gasteiger partial charge in [-0.05, 0) is 17.9 Å². The molecular weight excluding hydrogens is 262 g/mol. The lowest BCUT2D eigenvalue weighted by atomic mass is 10.1. The lowest BCUT2D eigenvalue weighted by Gasteiger charge is -2.20. The van der Waals surface area contributed by atoms with Crippen LogP contribution in [0.4, 0.5) is 0 Å². The van der Waals surface area contributed by atoms with Crippen LogP contribution in [0.15, 0.2) is 30.3 Å². The number of rotatable bonds is 7. The fourth-order valence-corrected chi connectivity index (χ4v) is 3.12. The average Bonchev–Trinajstić information content (AvgIpc) is 2.34. The van der Waals surface area contributed by atoms with E-state index in [0.29, 0.717) is 6.42 Å². The van der Waals surface area contributed by atoms with E-state index in [1.807, 2.05) is 44.2 Å². The van der Waals surface area contributed by atoms with Gasteiger partial charge in [-0.1, -0.05) is 44.2 Å². The summed E-state index contributed by atoms with van der Waals surface area (Å²) >= 11 is 0. The minimum absolute atomic E-state index is 0.00644. The van der Waals surface area contributed by atoms with Crippen molar-refractivity contribution in [1.82, 2.24) is 4.72 Å². The maximum absolute atomic E-state index is 12.0. The van der Waals surface area contributed by atoms with Gasteiger partial charge in [0.2, 0.25) is 10.0 Å². The zero-order chi connectivity index (χ0) is 14.5. The molecule has 6 heteroatoms. The van der Waals surface area contributed by atoms with Gasteiger partial charge in [-0.3, -0.25) is 5.41 Å². The Labute approximate surface area is 114 Å². The highest BCUT2D eigenvalue weighted by molar-refractivity contribution is 7.89. The van der Waals surface area contributed by atoms with Crippen molar-refractivity contribution in [2.75, 3.05) is 5.75 Å². The molecule has 5 nitrogen and oxygen atoms in total. The van der Waals surface area contributed by atoms with Crippen molar-refractivity contribution in [3.05, 3.63) is 35.9 Å². The summed E-state index contributed by atoms with van der Waals surface area (Å²) in [5.41, 5.74) is 6.38. The zero-order valence-corrected chi connectivity index (χ0v) is 12.1. The van der Waals surface area contributed by atoms with Gasteiger partial charge in [-0.2, -0.15) is 0 Å². The van der Waals surface area contributed by atoms with E-state index in [9.17, 15) is 8.42 Å². The third-order valence-electron chi connectivity index (χ3n) is 2.81. The summed E-state index contributed by atoms with van der Waals surface area (Å²) in [7, 11) is -3.44. The summed E-state index contributed by atoms with van der Waals surface area (Å²) in [5.74, 6) is -0.213. The Morgan fingerprint density at radius 1 is 1.32 bits per heavy atom. The number of hydrogen-bond donors (Lipinski definition) is 3. The Hall–Kier alpha value is -1.40. The van der Waals surface area contributed by atoms with E-state index in [4.69, 9.17) is 11.1 Å². The topological polar surface area (TPSA) is 96.0 Å². The summed E-state index contributed by atoms with van der Waals surface area (Å²) in [6, 6.07) is 8.78. The first-order valence-corrected chi connectivity index (χ1v) is 7.85. The molecule has 0 saturated carbocycles. The quantitative estimate of drug-likeness (QED) is 0.516. The van der Waals surface area contributed by atoms with Crippen LogP contribution in [0, 0.1) is 11.3 Å². The van der Waals surface area contributed by atoms with Gasteiger partial charge in [0.05, 0.1) is 11.8 Å². The maximum Gasteiger partial charge on any atom is 0.212 e. The van der Waals surface area contributed by atoms with Crippen molar-refractivity contribution in [2.45, 2.75) is 26.3 Å². The molecule has 0 aliphatic rings. The second-order valence-electron chi connectivity index (χ2n) is 4.85.